The number of Topliss-reactive ketones (excluding diaryl/α,β-unsaturated/α-hetero) is 1. The van der Waals surface area contributed by atoms with Crippen molar-refractivity contribution in [2.75, 3.05) is 12.3 Å². The molecule has 0 aliphatic heterocycles. The van der Waals surface area contributed by atoms with E-state index >= 15 is 0 Å². The standard InChI is InChI=1S/C22H43N2O5P/c1-15(2)12-19(23)22(27)24-21(16(3)4)20(26)11-10-18(25)14-30(28,29)13-17-8-6-5-7-9-17/h15-19,21,25H,5-14,23H2,1-4H3,(H,24,27)(H,28,29)/t18-,19+,21+/m1/s1. The average Bonchev–Trinajstić information content (AvgIpc) is 2.63. The largest absolute Gasteiger partial charge is 0.393 e. The number of amides is 1. The van der Waals surface area contributed by atoms with Crippen molar-refractivity contribution in [2.45, 2.75) is 97.2 Å². The van der Waals surface area contributed by atoms with Crippen molar-refractivity contribution in [2.24, 2.45) is 23.5 Å². The number of nitrogens with two attached hydrogens (primary N) is 1. The number of aliphatic hydroxyl groups excluding tert-OH is 1. The van der Waals surface area contributed by atoms with Gasteiger partial charge in [-0.2, -0.15) is 0 Å². The Morgan fingerprint density at radius 1 is 1.13 bits per heavy atom. The molecule has 0 heterocycles. The number of hydrogen-bond acceptors (Lipinski definition) is 5. The van der Waals surface area contributed by atoms with Gasteiger partial charge in [0.2, 0.25) is 13.3 Å². The van der Waals surface area contributed by atoms with Crippen molar-refractivity contribution in [3.05, 3.63) is 0 Å². The van der Waals surface area contributed by atoms with E-state index in [1.807, 2.05) is 27.7 Å². The molecule has 1 fully saturated rings. The fourth-order valence-corrected chi connectivity index (χ4v) is 6.39. The first-order valence-electron chi connectivity index (χ1n) is 11.5. The van der Waals surface area contributed by atoms with Gasteiger partial charge in [0.25, 0.3) is 0 Å². The molecule has 5 N–H and O–H groups in total. The minimum Gasteiger partial charge on any atom is -0.393 e. The summed E-state index contributed by atoms with van der Waals surface area (Å²) < 4.78 is 12.5. The topological polar surface area (TPSA) is 130 Å². The molecule has 0 saturated heterocycles. The average molecular weight is 447 g/mol. The maximum absolute atomic E-state index is 12.7. The van der Waals surface area contributed by atoms with Crippen LogP contribution in [-0.4, -0.2) is 52.2 Å². The molecule has 30 heavy (non-hydrogen) atoms. The van der Waals surface area contributed by atoms with Gasteiger partial charge in [0.1, 0.15) is 0 Å². The van der Waals surface area contributed by atoms with E-state index in [1.54, 1.807) is 0 Å². The Labute approximate surface area is 182 Å². The highest BCUT2D eigenvalue weighted by atomic mass is 31.2. The van der Waals surface area contributed by atoms with Crippen LogP contribution in [0.3, 0.4) is 0 Å². The number of rotatable bonds is 13. The van der Waals surface area contributed by atoms with Gasteiger partial charge in [-0.05, 0) is 43.4 Å². The Morgan fingerprint density at radius 2 is 1.73 bits per heavy atom. The predicted octanol–water partition coefficient (Wildman–Crippen LogP) is 3.06. The van der Waals surface area contributed by atoms with Crippen LogP contribution in [-0.2, 0) is 14.2 Å². The first-order valence-corrected chi connectivity index (χ1v) is 13.5. The van der Waals surface area contributed by atoms with Crippen molar-refractivity contribution in [1.29, 1.82) is 0 Å². The molecule has 1 aliphatic carbocycles. The number of carbonyl (C=O) groups excluding carboxylic acids is 2. The molecule has 0 spiro atoms. The van der Waals surface area contributed by atoms with Crippen molar-refractivity contribution < 1.29 is 24.2 Å². The SMILES string of the molecule is CC(C)C[C@H](N)C(=O)N[C@H](C(=O)CC[C@@H](O)CP(=O)(O)CC1CCCCC1)C(C)C. The van der Waals surface area contributed by atoms with Gasteiger partial charge in [0.05, 0.1) is 24.3 Å². The van der Waals surface area contributed by atoms with Crippen LogP contribution in [0.2, 0.25) is 0 Å². The van der Waals surface area contributed by atoms with Crippen molar-refractivity contribution in [1.82, 2.24) is 5.32 Å². The number of ketones is 1. The first kappa shape index (κ1) is 27.3. The molecule has 176 valence electrons. The third kappa shape index (κ3) is 10.5. The van der Waals surface area contributed by atoms with E-state index in [-0.39, 0.29) is 54.6 Å². The molecule has 1 amide bonds. The van der Waals surface area contributed by atoms with Crippen LogP contribution < -0.4 is 11.1 Å². The van der Waals surface area contributed by atoms with E-state index in [9.17, 15) is 24.2 Å². The van der Waals surface area contributed by atoms with E-state index in [4.69, 9.17) is 5.73 Å². The maximum atomic E-state index is 12.7. The molecule has 1 unspecified atom stereocenters. The van der Waals surface area contributed by atoms with E-state index < -0.39 is 25.6 Å². The summed E-state index contributed by atoms with van der Waals surface area (Å²) in [6, 6.07) is -1.34. The number of nitrogens with one attached hydrogen (secondary N) is 1. The molecule has 1 aliphatic rings. The van der Waals surface area contributed by atoms with Crippen LogP contribution in [0.1, 0.15) is 79.1 Å². The lowest BCUT2D eigenvalue weighted by atomic mass is 9.91. The van der Waals surface area contributed by atoms with Crippen molar-refractivity contribution in [3.63, 3.8) is 0 Å². The minimum atomic E-state index is -3.42. The second-order valence-corrected chi connectivity index (χ2v) is 12.3. The summed E-state index contributed by atoms with van der Waals surface area (Å²) in [6.07, 6.45) is 5.14. The van der Waals surface area contributed by atoms with Crippen LogP contribution in [0.4, 0.5) is 0 Å². The summed E-state index contributed by atoms with van der Waals surface area (Å²) in [5, 5.41) is 13.0. The Hall–Kier alpha value is -0.750. The quantitative estimate of drug-likeness (QED) is 0.322. The molecular formula is C22H43N2O5P. The summed E-state index contributed by atoms with van der Waals surface area (Å²) in [4.78, 5) is 35.3. The Kier molecular flexibility index (Phi) is 11.8. The molecule has 0 radical (unpaired) electrons. The number of aliphatic hydroxyl groups is 1. The highest BCUT2D eigenvalue weighted by Crippen LogP contribution is 2.46. The van der Waals surface area contributed by atoms with Gasteiger partial charge in [-0.3, -0.25) is 14.2 Å². The zero-order chi connectivity index (χ0) is 22.9. The Balaban J connectivity index is 2.51. The van der Waals surface area contributed by atoms with Crippen LogP contribution in [0, 0.1) is 17.8 Å². The lowest BCUT2D eigenvalue weighted by Crippen LogP contribution is -2.51. The lowest BCUT2D eigenvalue weighted by molar-refractivity contribution is -0.130. The Morgan fingerprint density at radius 3 is 2.27 bits per heavy atom. The third-order valence-electron chi connectivity index (χ3n) is 5.86. The van der Waals surface area contributed by atoms with Crippen LogP contribution in [0.25, 0.3) is 0 Å². The first-order chi connectivity index (χ1) is 13.9. The molecule has 7 nitrogen and oxygen atoms in total. The summed E-state index contributed by atoms with van der Waals surface area (Å²) in [5.41, 5.74) is 5.91. The van der Waals surface area contributed by atoms with Gasteiger partial charge in [-0.1, -0.05) is 47.0 Å². The van der Waals surface area contributed by atoms with Crippen LogP contribution in [0.15, 0.2) is 0 Å². The van der Waals surface area contributed by atoms with Gasteiger partial charge in [-0.25, -0.2) is 0 Å². The summed E-state index contributed by atoms with van der Waals surface area (Å²) in [7, 11) is -3.42. The molecule has 1 rings (SSSR count). The molecule has 0 aromatic carbocycles. The summed E-state index contributed by atoms with van der Waals surface area (Å²) in [6.45, 7) is 7.65. The number of carbonyl (C=O) groups is 2. The van der Waals surface area contributed by atoms with E-state index in [2.05, 4.69) is 5.32 Å². The van der Waals surface area contributed by atoms with Gasteiger partial charge >= 0.3 is 0 Å². The molecule has 0 bridgehead atoms. The van der Waals surface area contributed by atoms with Gasteiger partial charge < -0.3 is 21.1 Å². The van der Waals surface area contributed by atoms with Gasteiger partial charge in [0, 0.05) is 12.6 Å². The highest BCUT2D eigenvalue weighted by molar-refractivity contribution is 7.58. The van der Waals surface area contributed by atoms with Crippen LogP contribution >= 0.6 is 7.37 Å². The normalized spacial score (nSPS) is 20.6. The smallest absolute Gasteiger partial charge is 0.237 e. The maximum Gasteiger partial charge on any atom is 0.237 e. The highest BCUT2D eigenvalue weighted by Gasteiger charge is 2.30. The second kappa shape index (κ2) is 12.9. The molecule has 1 saturated carbocycles. The molecule has 0 aromatic rings. The fraction of sp³-hybridized carbons (Fsp3) is 0.909. The summed E-state index contributed by atoms with van der Waals surface area (Å²) in [5.74, 6) is -0.103. The molecule has 0 aromatic heterocycles. The van der Waals surface area contributed by atoms with Gasteiger partial charge in [-0.15, -0.1) is 0 Å². The fourth-order valence-electron chi connectivity index (χ4n) is 4.23. The zero-order valence-corrected chi connectivity index (χ0v) is 20.1. The van der Waals surface area contributed by atoms with E-state index in [1.165, 1.54) is 6.42 Å². The monoisotopic (exact) mass is 446 g/mol. The summed E-state index contributed by atoms with van der Waals surface area (Å²) >= 11 is 0. The minimum absolute atomic E-state index is 0.0488. The van der Waals surface area contributed by atoms with Crippen molar-refractivity contribution in [3.8, 4) is 0 Å². The molecule has 4 atom stereocenters. The Bertz CT molecular complexity index is 590. The molecule has 8 heteroatoms. The van der Waals surface area contributed by atoms with Crippen LogP contribution in [0.5, 0.6) is 0 Å². The third-order valence-corrected chi connectivity index (χ3v) is 7.94. The zero-order valence-electron chi connectivity index (χ0n) is 19.2. The molecular weight excluding hydrogens is 403 g/mol. The lowest BCUT2D eigenvalue weighted by Gasteiger charge is -2.26. The van der Waals surface area contributed by atoms with Crippen molar-refractivity contribution >= 4 is 19.1 Å². The number of hydrogen-bond donors (Lipinski definition) is 4. The predicted molar refractivity (Wildman–Crippen MR) is 121 cm³/mol. The van der Waals surface area contributed by atoms with E-state index in [0.29, 0.717) is 6.42 Å². The van der Waals surface area contributed by atoms with E-state index in [0.717, 1.165) is 25.7 Å². The van der Waals surface area contributed by atoms with Gasteiger partial charge in [0.15, 0.2) is 5.78 Å². The second-order valence-electron chi connectivity index (χ2n) is 9.84.